The van der Waals surface area contributed by atoms with Crippen LogP contribution < -0.4 is 16.3 Å². The average Bonchev–Trinajstić information content (AvgIpc) is 2.58. The molecule has 3 aromatic rings. The van der Waals surface area contributed by atoms with Gasteiger partial charge in [0.2, 0.25) is 11.3 Å². The summed E-state index contributed by atoms with van der Waals surface area (Å²) in [7, 11) is 0. The summed E-state index contributed by atoms with van der Waals surface area (Å²) >= 11 is 5.74. The van der Waals surface area contributed by atoms with E-state index in [-0.39, 0.29) is 40.7 Å². The van der Waals surface area contributed by atoms with E-state index in [1.165, 1.54) is 42.0 Å². The van der Waals surface area contributed by atoms with E-state index in [1.54, 1.807) is 6.07 Å². The van der Waals surface area contributed by atoms with E-state index in [1.807, 2.05) is 0 Å². The van der Waals surface area contributed by atoms with Crippen LogP contribution in [0.1, 0.15) is 12.5 Å². The number of hydrogen-bond acceptors (Lipinski definition) is 4. The van der Waals surface area contributed by atoms with E-state index < -0.39 is 28.5 Å². The number of anilines is 1. The molecule has 1 aromatic carbocycles. The lowest BCUT2D eigenvalue weighted by Gasteiger charge is -2.12. The molecule has 0 spiro atoms. The van der Waals surface area contributed by atoms with Gasteiger partial charge in [0.15, 0.2) is 11.3 Å². The van der Waals surface area contributed by atoms with Crippen molar-refractivity contribution in [2.45, 2.75) is 13.5 Å². The highest BCUT2D eigenvalue weighted by Crippen LogP contribution is 2.19. The fourth-order valence-corrected chi connectivity index (χ4v) is 2.76. The van der Waals surface area contributed by atoms with Crippen molar-refractivity contribution in [1.82, 2.24) is 8.97 Å². The Labute approximate surface area is 163 Å². The minimum atomic E-state index is -0.885. The fraction of sp³-hybridized carbons (Fsp3) is 0.118. The lowest BCUT2D eigenvalue weighted by molar-refractivity contribution is -0.114. The number of halogens is 3. The van der Waals surface area contributed by atoms with Gasteiger partial charge in [-0.05, 0) is 6.07 Å². The SMILES string of the molecule is CC(=O)Nc1cn2ccn(Cc3cccc(Cl)c3F)c(=O)c2c(O)c1=O.Cl. The molecule has 1 amide bonds. The summed E-state index contributed by atoms with van der Waals surface area (Å²) in [6, 6.07) is 4.41. The van der Waals surface area contributed by atoms with Gasteiger partial charge in [0.1, 0.15) is 11.5 Å². The number of amides is 1. The maximum Gasteiger partial charge on any atom is 0.279 e. The van der Waals surface area contributed by atoms with Gasteiger partial charge in [0.05, 0.1) is 11.6 Å². The predicted molar refractivity (Wildman–Crippen MR) is 102 cm³/mol. The third kappa shape index (κ3) is 3.81. The lowest BCUT2D eigenvalue weighted by Crippen LogP contribution is -2.26. The van der Waals surface area contributed by atoms with Crippen LogP contribution in [0.15, 0.2) is 46.4 Å². The van der Waals surface area contributed by atoms with E-state index in [9.17, 15) is 23.9 Å². The summed E-state index contributed by atoms with van der Waals surface area (Å²) in [6.07, 6.45) is 4.01. The quantitative estimate of drug-likeness (QED) is 0.689. The predicted octanol–water partition coefficient (Wildman–Crippen LogP) is 2.39. The molecule has 0 bridgehead atoms. The second kappa shape index (κ2) is 7.81. The molecule has 0 atom stereocenters. The van der Waals surface area contributed by atoms with Gasteiger partial charge in [-0.25, -0.2) is 4.39 Å². The molecule has 0 aliphatic carbocycles. The molecule has 0 saturated carbocycles. The Morgan fingerprint density at radius 2 is 2.00 bits per heavy atom. The summed E-state index contributed by atoms with van der Waals surface area (Å²) in [5.74, 6) is -1.95. The lowest BCUT2D eigenvalue weighted by atomic mass is 10.2. The highest BCUT2D eigenvalue weighted by Gasteiger charge is 2.16. The van der Waals surface area contributed by atoms with Gasteiger partial charge in [-0.15, -0.1) is 12.4 Å². The van der Waals surface area contributed by atoms with Crippen LogP contribution in [0.4, 0.5) is 10.1 Å². The van der Waals surface area contributed by atoms with Crippen LogP contribution in [0, 0.1) is 5.82 Å². The number of fused-ring (bicyclic) bond motifs is 1. The van der Waals surface area contributed by atoms with Crippen molar-refractivity contribution in [3.63, 3.8) is 0 Å². The number of carbonyl (C=O) groups is 1. The van der Waals surface area contributed by atoms with E-state index in [2.05, 4.69) is 5.32 Å². The summed E-state index contributed by atoms with van der Waals surface area (Å²) in [6.45, 7) is 1.08. The van der Waals surface area contributed by atoms with Crippen molar-refractivity contribution in [1.29, 1.82) is 0 Å². The molecule has 3 rings (SSSR count). The third-order valence-electron chi connectivity index (χ3n) is 3.76. The Balaban J connectivity index is 0.00000261. The molecule has 0 fully saturated rings. The van der Waals surface area contributed by atoms with E-state index in [0.717, 1.165) is 4.57 Å². The van der Waals surface area contributed by atoms with Crippen LogP contribution in [0.25, 0.3) is 5.52 Å². The Hall–Kier alpha value is -2.84. The molecule has 2 N–H and O–H groups in total. The molecule has 10 heteroatoms. The number of aromatic nitrogens is 2. The molecule has 2 aromatic heterocycles. The number of aromatic hydroxyl groups is 1. The number of carbonyl (C=O) groups excluding carboxylic acids is 1. The van der Waals surface area contributed by atoms with Crippen molar-refractivity contribution in [3.05, 3.63) is 73.8 Å². The van der Waals surface area contributed by atoms with Crippen molar-refractivity contribution < 1.29 is 14.3 Å². The number of pyridine rings is 1. The minimum absolute atomic E-state index is 0. The smallest absolute Gasteiger partial charge is 0.279 e. The van der Waals surface area contributed by atoms with Crippen molar-refractivity contribution in [2.24, 2.45) is 0 Å². The molecule has 0 unspecified atom stereocenters. The van der Waals surface area contributed by atoms with Crippen LogP contribution in [0.2, 0.25) is 5.02 Å². The Kier molecular flexibility index (Phi) is 5.92. The largest absolute Gasteiger partial charge is 0.502 e. The van der Waals surface area contributed by atoms with Gasteiger partial charge < -0.3 is 19.4 Å². The maximum absolute atomic E-state index is 14.1. The Morgan fingerprint density at radius 1 is 1.30 bits per heavy atom. The van der Waals surface area contributed by atoms with Gasteiger partial charge in [-0.3, -0.25) is 14.4 Å². The monoisotopic (exact) mass is 413 g/mol. The summed E-state index contributed by atoms with van der Waals surface area (Å²) < 4.78 is 16.4. The first-order valence-electron chi connectivity index (χ1n) is 7.47. The van der Waals surface area contributed by atoms with Crippen molar-refractivity contribution in [2.75, 3.05) is 5.32 Å². The second-order valence-electron chi connectivity index (χ2n) is 5.60. The van der Waals surface area contributed by atoms with Gasteiger partial charge >= 0.3 is 0 Å². The van der Waals surface area contributed by atoms with Crippen LogP contribution in [0.3, 0.4) is 0 Å². The standard InChI is InChI=1S/C17H13ClFN3O4.ClH/c1-9(23)20-12-8-21-5-6-22(17(26)14(21)16(25)15(12)24)7-10-3-2-4-11(18)13(10)19;/h2-6,8,25H,7H2,1H3,(H,20,23);1H. The van der Waals surface area contributed by atoms with Crippen molar-refractivity contribution in [3.8, 4) is 5.75 Å². The highest BCUT2D eigenvalue weighted by atomic mass is 35.5. The number of rotatable bonds is 3. The third-order valence-corrected chi connectivity index (χ3v) is 4.06. The molecular weight excluding hydrogens is 400 g/mol. The molecule has 142 valence electrons. The zero-order chi connectivity index (χ0) is 19.0. The van der Waals surface area contributed by atoms with Gasteiger partial charge in [-0.2, -0.15) is 0 Å². The average molecular weight is 414 g/mol. The van der Waals surface area contributed by atoms with Crippen LogP contribution in [0.5, 0.6) is 5.75 Å². The molecule has 0 radical (unpaired) electrons. The first kappa shape index (κ1) is 20.5. The van der Waals surface area contributed by atoms with Gasteiger partial charge in [0, 0.05) is 31.1 Å². The van der Waals surface area contributed by atoms with Crippen LogP contribution in [-0.4, -0.2) is 20.0 Å². The van der Waals surface area contributed by atoms with E-state index in [4.69, 9.17) is 11.6 Å². The zero-order valence-corrected chi connectivity index (χ0v) is 15.5. The summed E-state index contributed by atoms with van der Waals surface area (Å²) in [5, 5.41) is 12.3. The number of hydrogen-bond donors (Lipinski definition) is 2. The maximum atomic E-state index is 14.1. The molecule has 0 saturated heterocycles. The first-order chi connectivity index (χ1) is 12.3. The molecule has 27 heavy (non-hydrogen) atoms. The second-order valence-corrected chi connectivity index (χ2v) is 6.01. The molecule has 0 aliphatic heterocycles. The molecular formula is C17H14Cl2FN3O4. The number of nitrogens with zero attached hydrogens (tertiary/aromatic N) is 2. The molecule has 0 aliphatic rings. The zero-order valence-electron chi connectivity index (χ0n) is 13.9. The van der Waals surface area contributed by atoms with Crippen LogP contribution >= 0.6 is 24.0 Å². The van der Waals surface area contributed by atoms with Crippen LogP contribution in [-0.2, 0) is 11.3 Å². The fourth-order valence-electron chi connectivity index (χ4n) is 2.56. The summed E-state index contributed by atoms with van der Waals surface area (Å²) in [4.78, 5) is 35.9. The minimum Gasteiger partial charge on any atom is -0.502 e. The van der Waals surface area contributed by atoms with Crippen molar-refractivity contribution >= 4 is 41.1 Å². The van der Waals surface area contributed by atoms with Gasteiger partial charge in [0.25, 0.3) is 5.56 Å². The normalized spacial score (nSPS) is 10.5. The number of nitrogens with one attached hydrogen (secondary N) is 1. The summed E-state index contributed by atoms with van der Waals surface area (Å²) in [5.41, 5.74) is -1.85. The Morgan fingerprint density at radius 3 is 2.67 bits per heavy atom. The van der Waals surface area contributed by atoms with E-state index in [0.29, 0.717) is 0 Å². The molecule has 7 nitrogen and oxygen atoms in total. The van der Waals surface area contributed by atoms with E-state index >= 15 is 0 Å². The Bertz CT molecular complexity index is 1160. The first-order valence-corrected chi connectivity index (χ1v) is 7.85. The highest BCUT2D eigenvalue weighted by molar-refractivity contribution is 6.30. The number of benzene rings is 1. The topological polar surface area (TPSA) is 92.8 Å². The van der Waals surface area contributed by atoms with Gasteiger partial charge in [-0.1, -0.05) is 23.7 Å². The molecule has 2 heterocycles.